The van der Waals surface area contributed by atoms with Crippen LogP contribution in [0.1, 0.15) is 36.5 Å². The van der Waals surface area contributed by atoms with E-state index in [9.17, 15) is 14.9 Å². The normalized spacial score (nSPS) is 15.8. The number of hydrogen-bond donors (Lipinski definition) is 2. The number of amides is 1. The summed E-state index contributed by atoms with van der Waals surface area (Å²) < 4.78 is 0. The first-order chi connectivity index (χ1) is 15.2. The molecule has 32 heavy (non-hydrogen) atoms. The number of nitrogens with zero attached hydrogens (tertiary/aromatic N) is 1. The summed E-state index contributed by atoms with van der Waals surface area (Å²) in [5, 5.41) is 17.1. The van der Waals surface area contributed by atoms with Crippen LogP contribution in [-0.2, 0) is 9.59 Å². The molecular formula is C25H24ClN3O2S. The predicted molar refractivity (Wildman–Crippen MR) is 130 cm³/mol. The topological polar surface area (TPSA) is 82.0 Å². The van der Waals surface area contributed by atoms with Crippen LogP contribution in [0, 0.1) is 25.2 Å². The number of ketones is 1. The largest absolute Gasteiger partial charge is 0.353 e. The van der Waals surface area contributed by atoms with Gasteiger partial charge in [0.2, 0.25) is 5.91 Å². The zero-order valence-corrected chi connectivity index (χ0v) is 19.9. The van der Waals surface area contributed by atoms with E-state index in [0.29, 0.717) is 32.5 Å². The molecule has 0 spiro atoms. The van der Waals surface area contributed by atoms with Crippen molar-refractivity contribution in [3.63, 3.8) is 0 Å². The summed E-state index contributed by atoms with van der Waals surface area (Å²) in [6.45, 7) is 7.22. The number of carbonyl (C=O) groups is 2. The lowest BCUT2D eigenvalue weighted by molar-refractivity contribution is -0.114. The van der Waals surface area contributed by atoms with E-state index in [2.05, 4.69) is 16.7 Å². The molecule has 0 radical (unpaired) electrons. The molecule has 7 heteroatoms. The molecule has 1 aliphatic heterocycles. The number of thioether (sulfide) groups is 1. The molecule has 1 aliphatic rings. The molecule has 1 amide bonds. The number of benzene rings is 2. The Labute approximate surface area is 197 Å². The minimum absolute atomic E-state index is 0.110. The lowest BCUT2D eigenvalue weighted by Crippen LogP contribution is -2.28. The van der Waals surface area contributed by atoms with E-state index in [0.717, 1.165) is 16.8 Å². The van der Waals surface area contributed by atoms with E-state index in [-0.39, 0.29) is 17.4 Å². The number of hydrogen-bond acceptors (Lipinski definition) is 5. The summed E-state index contributed by atoms with van der Waals surface area (Å²) in [5.74, 6) is -0.790. The summed E-state index contributed by atoms with van der Waals surface area (Å²) in [6.07, 6.45) is 0. The van der Waals surface area contributed by atoms with Gasteiger partial charge >= 0.3 is 0 Å². The zero-order chi connectivity index (χ0) is 23.4. The average Bonchev–Trinajstić information content (AvgIpc) is 2.73. The number of Topliss-reactive ketones (excluding diaryl/α,β-unsaturated/α-hetero) is 1. The average molecular weight is 466 g/mol. The van der Waals surface area contributed by atoms with Crippen LogP contribution in [0.5, 0.6) is 0 Å². The predicted octanol–water partition coefficient (Wildman–Crippen LogP) is 5.61. The molecule has 1 unspecified atom stereocenters. The maximum Gasteiger partial charge on any atom is 0.234 e. The Morgan fingerprint density at radius 3 is 2.53 bits per heavy atom. The van der Waals surface area contributed by atoms with Gasteiger partial charge in [-0.2, -0.15) is 5.26 Å². The number of nitriles is 1. The molecule has 164 valence electrons. The molecule has 0 aromatic heterocycles. The molecule has 5 nitrogen and oxygen atoms in total. The van der Waals surface area contributed by atoms with E-state index in [1.807, 2.05) is 44.2 Å². The Balaban J connectivity index is 1.89. The number of rotatable bonds is 6. The van der Waals surface area contributed by atoms with Crippen LogP contribution < -0.4 is 10.6 Å². The van der Waals surface area contributed by atoms with Crippen LogP contribution in [0.2, 0.25) is 5.02 Å². The molecule has 2 aromatic carbocycles. The Kier molecular flexibility index (Phi) is 7.44. The number of allylic oxidation sites excluding steroid dienone is 3. The fraction of sp³-hybridized carbons (Fsp3) is 0.240. The number of carbonyl (C=O) groups excluding carboxylic acids is 2. The molecule has 0 saturated heterocycles. The van der Waals surface area contributed by atoms with Gasteiger partial charge in [-0.1, -0.05) is 59.3 Å². The maximum atomic E-state index is 12.6. The Morgan fingerprint density at radius 1 is 1.19 bits per heavy atom. The van der Waals surface area contributed by atoms with Crippen LogP contribution in [0.4, 0.5) is 5.69 Å². The quantitative estimate of drug-likeness (QED) is 0.579. The van der Waals surface area contributed by atoms with Gasteiger partial charge in [0.25, 0.3) is 0 Å². The molecular weight excluding hydrogens is 442 g/mol. The van der Waals surface area contributed by atoms with Crippen LogP contribution in [0.3, 0.4) is 0 Å². The number of dihydropyridines is 1. The number of aryl methyl sites for hydroxylation is 2. The zero-order valence-electron chi connectivity index (χ0n) is 18.4. The van der Waals surface area contributed by atoms with Gasteiger partial charge in [0.1, 0.15) is 0 Å². The number of nitrogens with one attached hydrogen (secondary N) is 2. The highest BCUT2D eigenvalue weighted by Gasteiger charge is 2.34. The van der Waals surface area contributed by atoms with Gasteiger partial charge < -0.3 is 10.6 Å². The third-order valence-corrected chi connectivity index (χ3v) is 6.61. The van der Waals surface area contributed by atoms with E-state index < -0.39 is 5.92 Å². The second-order valence-corrected chi connectivity index (χ2v) is 9.08. The maximum absolute atomic E-state index is 12.6. The summed E-state index contributed by atoms with van der Waals surface area (Å²) in [4.78, 5) is 25.0. The third-order valence-electron chi connectivity index (χ3n) is 5.25. The van der Waals surface area contributed by atoms with Gasteiger partial charge in [0.05, 0.1) is 28.3 Å². The van der Waals surface area contributed by atoms with Gasteiger partial charge in [0, 0.05) is 22.0 Å². The smallest absolute Gasteiger partial charge is 0.234 e. The highest BCUT2D eigenvalue weighted by molar-refractivity contribution is 8.03. The fourth-order valence-corrected chi connectivity index (χ4v) is 4.93. The van der Waals surface area contributed by atoms with Crippen molar-refractivity contribution in [3.8, 4) is 6.07 Å². The molecule has 0 saturated carbocycles. The molecule has 0 aliphatic carbocycles. The van der Waals surface area contributed by atoms with Crippen molar-refractivity contribution in [3.05, 3.63) is 86.0 Å². The lowest BCUT2D eigenvalue weighted by atomic mass is 9.81. The third kappa shape index (κ3) is 5.07. The van der Waals surface area contributed by atoms with Crippen molar-refractivity contribution >= 4 is 40.7 Å². The number of anilines is 1. The molecule has 0 bridgehead atoms. The van der Waals surface area contributed by atoms with Gasteiger partial charge in [0.15, 0.2) is 5.78 Å². The van der Waals surface area contributed by atoms with Crippen molar-refractivity contribution < 1.29 is 9.59 Å². The minimum Gasteiger partial charge on any atom is -0.353 e. The highest BCUT2D eigenvalue weighted by Crippen LogP contribution is 2.42. The van der Waals surface area contributed by atoms with E-state index in [4.69, 9.17) is 11.6 Å². The first-order valence-electron chi connectivity index (χ1n) is 10.1. The van der Waals surface area contributed by atoms with Crippen molar-refractivity contribution in [1.82, 2.24) is 5.32 Å². The molecule has 1 heterocycles. The Bertz CT molecular complexity index is 1190. The van der Waals surface area contributed by atoms with Gasteiger partial charge in [-0.25, -0.2) is 0 Å². The Morgan fingerprint density at radius 2 is 1.91 bits per heavy atom. The van der Waals surface area contributed by atoms with Crippen molar-refractivity contribution in [2.75, 3.05) is 11.1 Å². The van der Waals surface area contributed by atoms with Crippen molar-refractivity contribution in [1.29, 1.82) is 5.26 Å². The second kappa shape index (κ2) is 10.1. The van der Waals surface area contributed by atoms with Crippen LogP contribution in [0.25, 0.3) is 0 Å². The van der Waals surface area contributed by atoms with Crippen LogP contribution in [-0.4, -0.2) is 17.4 Å². The Hall–Kier alpha value is -3.01. The van der Waals surface area contributed by atoms with E-state index in [1.165, 1.54) is 18.7 Å². The van der Waals surface area contributed by atoms with Gasteiger partial charge in [-0.3, -0.25) is 9.59 Å². The van der Waals surface area contributed by atoms with Crippen LogP contribution >= 0.6 is 23.4 Å². The molecule has 3 rings (SSSR count). The molecule has 0 fully saturated rings. The van der Waals surface area contributed by atoms with Gasteiger partial charge in [-0.15, -0.1) is 0 Å². The summed E-state index contributed by atoms with van der Waals surface area (Å²) >= 11 is 7.67. The first-order valence-corrected chi connectivity index (χ1v) is 11.5. The van der Waals surface area contributed by atoms with Crippen LogP contribution in [0.15, 0.2) is 64.3 Å². The van der Waals surface area contributed by atoms with Gasteiger partial charge in [-0.05, 0) is 51.0 Å². The van der Waals surface area contributed by atoms with Crippen molar-refractivity contribution in [2.45, 2.75) is 33.6 Å². The second-order valence-electron chi connectivity index (χ2n) is 7.68. The summed E-state index contributed by atoms with van der Waals surface area (Å²) in [7, 11) is 0. The van der Waals surface area contributed by atoms with Crippen molar-refractivity contribution in [2.24, 2.45) is 0 Å². The number of halogens is 1. The molecule has 1 atom stereocenters. The summed E-state index contributed by atoms with van der Waals surface area (Å²) in [5.41, 5.74) is 5.08. The fourth-order valence-electron chi connectivity index (χ4n) is 3.79. The molecule has 2 N–H and O–H groups in total. The van der Waals surface area contributed by atoms with E-state index in [1.54, 1.807) is 19.1 Å². The lowest BCUT2D eigenvalue weighted by Gasteiger charge is -2.29. The van der Waals surface area contributed by atoms with E-state index >= 15 is 0 Å². The SMILES string of the molecule is CC(=O)C1=C(C)NC(SCC(=O)Nc2ccc(C)cc2C)=C(C#N)C1c1ccccc1Cl. The highest BCUT2D eigenvalue weighted by atomic mass is 35.5. The monoisotopic (exact) mass is 465 g/mol. The first kappa shape index (κ1) is 23.6. The standard InChI is InChI=1S/C25H24ClN3O2S/c1-14-9-10-21(15(2)11-14)29-22(31)13-32-25-19(12-27)24(18-7-5-6-8-20(18)26)23(17(4)30)16(3)28-25/h5-11,24,28H,13H2,1-4H3,(H,29,31). The minimum atomic E-state index is -0.586. The summed E-state index contributed by atoms with van der Waals surface area (Å²) in [6, 6.07) is 15.3. The molecule has 2 aromatic rings.